The van der Waals surface area contributed by atoms with Gasteiger partial charge in [-0.1, -0.05) is 79.2 Å². The van der Waals surface area contributed by atoms with Gasteiger partial charge in [-0.15, -0.1) is 0 Å². The molecular weight excluding hydrogens is 436 g/mol. The molecule has 3 aromatic carbocycles. The molecule has 5 aromatic rings. The summed E-state index contributed by atoms with van der Waals surface area (Å²) in [6, 6.07) is 23.2. The van der Waals surface area contributed by atoms with Crippen LogP contribution in [-0.2, 0) is 0 Å². The minimum atomic E-state index is -0.312. The van der Waals surface area contributed by atoms with Crippen LogP contribution >= 0.6 is 11.6 Å². The summed E-state index contributed by atoms with van der Waals surface area (Å²) in [5.41, 5.74) is 2.54. The maximum absolute atomic E-state index is 11.7. The molecule has 1 N–H and O–H groups in total. The molecule has 0 saturated heterocycles. The fourth-order valence-electron chi connectivity index (χ4n) is 3.91. The zero-order valence-electron chi connectivity index (χ0n) is 18.1. The number of aromatic amines is 1. The summed E-state index contributed by atoms with van der Waals surface area (Å²) in [6.45, 7) is 2.05. The van der Waals surface area contributed by atoms with Crippen molar-refractivity contribution in [3.8, 4) is 11.1 Å². The highest BCUT2D eigenvalue weighted by molar-refractivity contribution is 6.30. The van der Waals surface area contributed by atoms with E-state index in [-0.39, 0.29) is 16.7 Å². The lowest BCUT2D eigenvalue weighted by Crippen LogP contribution is -2.07. The number of aromatic nitrogens is 3. The second kappa shape index (κ2) is 10.1. The van der Waals surface area contributed by atoms with E-state index in [9.17, 15) is 10.1 Å². The third kappa shape index (κ3) is 4.96. The highest BCUT2D eigenvalue weighted by Crippen LogP contribution is 2.37. The molecule has 0 fully saturated rings. The maximum Gasteiger partial charge on any atom is 0.294 e. The predicted octanol–water partition coefficient (Wildman–Crippen LogP) is 7.28. The number of benzene rings is 3. The number of halogens is 1. The van der Waals surface area contributed by atoms with Crippen LogP contribution in [0.3, 0.4) is 0 Å². The first-order valence-electron chi connectivity index (χ1n) is 10.6. The van der Waals surface area contributed by atoms with Gasteiger partial charge in [-0.05, 0) is 34.9 Å². The van der Waals surface area contributed by atoms with Gasteiger partial charge < -0.3 is 9.55 Å². The van der Waals surface area contributed by atoms with Crippen molar-refractivity contribution in [2.45, 2.75) is 19.4 Å². The topological polar surface area (TPSA) is 76.8 Å². The molecule has 6 nitrogen and oxygen atoms in total. The van der Waals surface area contributed by atoms with Crippen LogP contribution in [0.15, 0.2) is 97.7 Å². The molecule has 0 saturated carbocycles. The number of fused-ring (bicyclic) bond motifs is 1. The lowest BCUT2D eigenvalue weighted by molar-refractivity contribution is -0.384. The van der Waals surface area contributed by atoms with Gasteiger partial charge in [-0.2, -0.15) is 0 Å². The molecule has 0 aliphatic heterocycles. The van der Waals surface area contributed by atoms with Crippen molar-refractivity contribution in [1.29, 1.82) is 0 Å². The predicted molar refractivity (Wildman–Crippen MR) is 132 cm³/mol. The Morgan fingerprint density at radius 3 is 2.36 bits per heavy atom. The van der Waals surface area contributed by atoms with Crippen LogP contribution in [0, 0.1) is 10.1 Å². The molecule has 33 heavy (non-hydrogen) atoms. The third-order valence-corrected chi connectivity index (χ3v) is 5.71. The first-order valence-corrected chi connectivity index (χ1v) is 11.0. The SMILES string of the molecule is CCC(c1cnc[nH]1)n1cc(-c2cccc3ccccc23)c([N+](=O)[O-])c1.Clc1ccccc1. The molecular formula is C26H23ClN4O2. The van der Waals surface area contributed by atoms with Gasteiger partial charge in [0.2, 0.25) is 0 Å². The number of hydrogen-bond donors (Lipinski definition) is 1. The second-order valence-corrected chi connectivity index (χ2v) is 7.95. The first kappa shape index (κ1) is 22.3. The van der Waals surface area contributed by atoms with Gasteiger partial charge in [0.15, 0.2) is 0 Å². The van der Waals surface area contributed by atoms with Gasteiger partial charge in [-0.25, -0.2) is 4.98 Å². The zero-order valence-corrected chi connectivity index (χ0v) is 18.8. The van der Waals surface area contributed by atoms with E-state index in [1.165, 1.54) is 0 Å². The normalized spacial score (nSPS) is 11.6. The maximum atomic E-state index is 11.7. The minimum absolute atomic E-state index is 0.0278. The average molecular weight is 459 g/mol. The number of nitrogens with zero attached hydrogens (tertiary/aromatic N) is 3. The van der Waals surface area contributed by atoms with E-state index in [1.807, 2.05) is 83.6 Å². The van der Waals surface area contributed by atoms with Gasteiger partial charge in [0.1, 0.15) is 0 Å². The van der Waals surface area contributed by atoms with Crippen LogP contribution < -0.4 is 0 Å². The average Bonchev–Trinajstić information content (AvgIpc) is 3.51. The van der Waals surface area contributed by atoms with Crippen molar-refractivity contribution < 1.29 is 4.92 Å². The van der Waals surface area contributed by atoms with Gasteiger partial charge in [-0.3, -0.25) is 10.1 Å². The number of imidazole rings is 1. The molecule has 1 unspecified atom stereocenters. The Morgan fingerprint density at radius 1 is 1.00 bits per heavy atom. The van der Waals surface area contributed by atoms with Crippen molar-refractivity contribution >= 4 is 28.1 Å². The van der Waals surface area contributed by atoms with Crippen LogP contribution in [0.25, 0.3) is 21.9 Å². The number of H-pyrrole nitrogens is 1. The molecule has 0 bridgehead atoms. The summed E-state index contributed by atoms with van der Waals surface area (Å²) in [7, 11) is 0. The van der Waals surface area contributed by atoms with Crippen molar-refractivity contribution in [2.75, 3.05) is 0 Å². The lowest BCUT2D eigenvalue weighted by atomic mass is 9.99. The Morgan fingerprint density at radius 2 is 1.73 bits per heavy atom. The standard InChI is InChI=1S/C20H18N4O2.C6H5Cl/c1-2-19(18-10-21-13-22-18)23-11-17(20(12-23)24(25)26)16-9-5-7-14-6-3-4-8-15(14)16;7-6-4-2-1-3-5-6/h3-13,19H,2H2,1H3,(H,21,22);1-5H. The Balaban J connectivity index is 0.000000318. The fourth-order valence-corrected chi connectivity index (χ4v) is 4.06. The van der Waals surface area contributed by atoms with Gasteiger partial charge in [0.25, 0.3) is 5.69 Å². The van der Waals surface area contributed by atoms with Crippen LogP contribution in [0.1, 0.15) is 25.1 Å². The molecule has 0 spiro atoms. The fraction of sp³-hybridized carbons (Fsp3) is 0.115. The quantitative estimate of drug-likeness (QED) is 0.222. The molecule has 2 heterocycles. The van der Waals surface area contributed by atoms with Crippen LogP contribution in [-0.4, -0.2) is 19.5 Å². The smallest absolute Gasteiger partial charge is 0.294 e. The van der Waals surface area contributed by atoms with Crippen molar-refractivity contribution in [1.82, 2.24) is 14.5 Å². The third-order valence-electron chi connectivity index (χ3n) is 5.46. The highest BCUT2D eigenvalue weighted by Gasteiger charge is 2.24. The summed E-state index contributed by atoms with van der Waals surface area (Å²) in [4.78, 5) is 18.6. The summed E-state index contributed by atoms with van der Waals surface area (Å²) < 4.78 is 1.91. The Hall–Kier alpha value is -3.90. The van der Waals surface area contributed by atoms with Crippen LogP contribution in [0.2, 0.25) is 5.02 Å². The molecule has 166 valence electrons. The van der Waals surface area contributed by atoms with E-state index >= 15 is 0 Å². The molecule has 0 amide bonds. The summed E-state index contributed by atoms with van der Waals surface area (Å²) in [6.07, 6.45) is 7.67. The zero-order chi connectivity index (χ0) is 23.2. The molecule has 2 aromatic heterocycles. The summed E-state index contributed by atoms with van der Waals surface area (Å²) in [5.74, 6) is 0. The van der Waals surface area contributed by atoms with Crippen molar-refractivity contribution in [3.05, 3.63) is 119 Å². The van der Waals surface area contributed by atoms with Gasteiger partial charge in [0.05, 0.1) is 40.9 Å². The molecule has 5 rings (SSSR count). The Kier molecular flexibility index (Phi) is 6.86. The van der Waals surface area contributed by atoms with Gasteiger partial charge in [0, 0.05) is 11.2 Å². The van der Waals surface area contributed by atoms with E-state index in [2.05, 4.69) is 16.9 Å². The Labute approximate surface area is 196 Å². The molecule has 0 radical (unpaired) electrons. The Bertz CT molecular complexity index is 1340. The summed E-state index contributed by atoms with van der Waals surface area (Å²) in [5, 5.41) is 14.6. The van der Waals surface area contributed by atoms with E-state index < -0.39 is 0 Å². The number of hydrogen-bond acceptors (Lipinski definition) is 3. The second-order valence-electron chi connectivity index (χ2n) is 7.51. The van der Waals surface area contributed by atoms with Crippen molar-refractivity contribution in [2.24, 2.45) is 0 Å². The van der Waals surface area contributed by atoms with E-state index in [1.54, 1.807) is 18.7 Å². The lowest BCUT2D eigenvalue weighted by Gasteiger charge is -2.14. The number of nitrogens with one attached hydrogen (secondary N) is 1. The van der Waals surface area contributed by atoms with E-state index in [0.717, 1.165) is 33.5 Å². The first-order chi connectivity index (χ1) is 16.1. The van der Waals surface area contributed by atoms with E-state index in [0.29, 0.717) is 5.56 Å². The number of nitro groups is 1. The van der Waals surface area contributed by atoms with Crippen molar-refractivity contribution in [3.63, 3.8) is 0 Å². The molecule has 1 atom stereocenters. The molecule has 0 aliphatic carbocycles. The number of rotatable bonds is 5. The monoisotopic (exact) mass is 458 g/mol. The van der Waals surface area contributed by atoms with E-state index in [4.69, 9.17) is 11.6 Å². The highest BCUT2D eigenvalue weighted by atomic mass is 35.5. The largest absolute Gasteiger partial charge is 0.347 e. The molecule has 0 aliphatic rings. The van der Waals surface area contributed by atoms with Crippen LogP contribution in [0.5, 0.6) is 0 Å². The minimum Gasteiger partial charge on any atom is -0.347 e. The van der Waals surface area contributed by atoms with Crippen LogP contribution in [0.4, 0.5) is 5.69 Å². The summed E-state index contributed by atoms with van der Waals surface area (Å²) >= 11 is 5.54. The molecule has 7 heteroatoms. The van der Waals surface area contributed by atoms with Gasteiger partial charge >= 0.3 is 0 Å².